The summed E-state index contributed by atoms with van der Waals surface area (Å²) in [7, 11) is 1.46. The maximum atomic E-state index is 12.9. The number of hydrogen-bond acceptors (Lipinski definition) is 6. The number of nitro benzene ring substituents is 1. The number of methoxy groups -OCH3 is 1. The number of non-ortho nitro benzene ring substituents is 1. The Morgan fingerprint density at radius 1 is 1.19 bits per heavy atom. The summed E-state index contributed by atoms with van der Waals surface area (Å²) in [5.74, 6) is 0.248. The molecule has 1 heterocycles. The monoisotopic (exact) mass is 446 g/mol. The lowest BCUT2D eigenvalue weighted by Gasteiger charge is -2.15. The summed E-state index contributed by atoms with van der Waals surface area (Å²) in [5, 5.41) is 17.7. The minimum Gasteiger partial charge on any atom is -0.493 e. The number of rotatable bonds is 8. The molecule has 0 aliphatic rings. The summed E-state index contributed by atoms with van der Waals surface area (Å²) in [6.07, 6.45) is -2.77. The van der Waals surface area contributed by atoms with E-state index in [-0.39, 0.29) is 17.1 Å². The third kappa shape index (κ3) is 4.99. The molecule has 0 spiro atoms. The van der Waals surface area contributed by atoms with Crippen LogP contribution in [-0.4, -0.2) is 27.7 Å². The number of hydrogen-bond donors (Lipinski definition) is 1. The van der Waals surface area contributed by atoms with E-state index in [9.17, 15) is 23.7 Å². The van der Waals surface area contributed by atoms with Crippen LogP contribution in [0.4, 0.5) is 20.2 Å². The van der Waals surface area contributed by atoms with Crippen LogP contribution >= 0.6 is 0 Å². The lowest BCUT2D eigenvalue weighted by atomic mass is 10.2. The smallest absolute Gasteiger partial charge is 0.282 e. The van der Waals surface area contributed by atoms with Gasteiger partial charge in [0.1, 0.15) is 17.5 Å². The van der Waals surface area contributed by atoms with Gasteiger partial charge >= 0.3 is 0 Å². The molecular weight excluding hydrogens is 426 g/mol. The van der Waals surface area contributed by atoms with E-state index in [0.29, 0.717) is 17.2 Å². The van der Waals surface area contributed by atoms with Crippen LogP contribution in [0.3, 0.4) is 0 Å². The number of para-hydroxylation sites is 2. The standard InChI is InChI=1S/C21H20F2N4O5/c1-12-8-17(20(22)23)25-26(12)13(2)21(28)24-14-9-15(27(29)30)11-16(10-14)32-19-7-5-4-6-18(19)31-3/h4-11,13,20H,1-3H3,(H,24,28). The Labute approximate surface area is 181 Å². The van der Waals surface area contributed by atoms with E-state index in [0.717, 1.165) is 0 Å². The van der Waals surface area contributed by atoms with E-state index in [1.165, 1.54) is 43.0 Å². The number of ether oxygens (including phenoxy) is 2. The van der Waals surface area contributed by atoms with Gasteiger partial charge in [0.05, 0.1) is 23.8 Å². The first-order valence-corrected chi connectivity index (χ1v) is 9.45. The fourth-order valence-corrected chi connectivity index (χ4v) is 3.02. The normalized spacial score (nSPS) is 11.8. The van der Waals surface area contributed by atoms with Gasteiger partial charge in [-0.1, -0.05) is 12.1 Å². The van der Waals surface area contributed by atoms with Crippen LogP contribution < -0.4 is 14.8 Å². The molecule has 32 heavy (non-hydrogen) atoms. The molecule has 3 aromatic rings. The van der Waals surface area contributed by atoms with Crippen molar-refractivity contribution < 1.29 is 28.0 Å². The van der Waals surface area contributed by atoms with Gasteiger partial charge in [-0.2, -0.15) is 5.10 Å². The van der Waals surface area contributed by atoms with Crippen LogP contribution in [-0.2, 0) is 4.79 Å². The van der Waals surface area contributed by atoms with E-state index in [1.807, 2.05) is 0 Å². The molecule has 1 atom stereocenters. The molecule has 2 aromatic carbocycles. The lowest BCUT2D eigenvalue weighted by molar-refractivity contribution is -0.384. The Bertz CT molecular complexity index is 1150. The predicted molar refractivity (Wildman–Crippen MR) is 111 cm³/mol. The van der Waals surface area contributed by atoms with Gasteiger partial charge in [0, 0.05) is 17.8 Å². The minimum absolute atomic E-state index is 0.0971. The van der Waals surface area contributed by atoms with Crippen molar-refractivity contribution in [1.29, 1.82) is 0 Å². The van der Waals surface area contributed by atoms with Crippen LogP contribution in [0.15, 0.2) is 48.5 Å². The van der Waals surface area contributed by atoms with Crippen LogP contribution in [0.5, 0.6) is 17.2 Å². The fraction of sp³-hybridized carbons (Fsp3) is 0.238. The highest BCUT2D eigenvalue weighted by atomic mass is 19.3. The number of carbonyl (C=O) groups excluding carboxylic acids is 1. The van der Waals surface area contributed by atoms with Gasteiger partial charge in [0.2, 0.25) is 5.91 Å². The number of aryl methyl sites for hydroxylation is 1. The van der Waals surface area contributed by atoms with Gasteiger partial charge < -0.3 is 14.8 Å². The highest BCUT2D eigenvalue weighted by molar-refractivity contribution is 5.94. The zero-order valence-electron chi connectivity index (χ0n) is 17.4. The highest BCUT2D eigenvalue weighted by Crippen LogP contribution is 2.34. The summed E-state index contributed by atoms with van der Waals surface area (Å²) in [4.78, 5) is 23.4. The maximum Gasteiger partial charge on any atom is 0.282 e. The molecule has 11 heteroatoms. The largest absolute Gasteiger partial charge is 0.493 e. The zero-order valence-corrected chi connectivity index (χ0v) is 17.4. The summed E-state index contributed by atoms with van der Waals surface area (Å²) in [5.41, 5.74) is -0.275. The van der Waals surface area contributed by atoms with Crippen LogP contribution in [0.1, 0.15) is 30.8 Å². The van der Waals surface area contributed by atoms with E-state index < -0.39 is 29.0 Å². The molecule has 0 saturated carbocycles. The highest BCUT2D eigenvalue weighted by Gasteiger charge is 2.22. The maximum absolute atomic E-state index is 12.9. The second-order valence-electron chi connectivity index (χ2n) is 6.85. The molecular formula is C21H20F2N4O5. The fourth-order valence-electron chi connectivity index (χ4n) is 3.02. The number of nitrogens with zero attached hydrogens (tertiary/aromatic N) is 3. The molecule has 9 nitrogen and oxygen atoms in total. The van der Waals surface area contributed by atoms with Crippen molar-refractivity contribution in [2.75, 3.05) is 12.4 Å². The molecule has 168 valence electrons. The average Bonchev–Trinajstić information content (AvgIpc) is 3.15. The van der Waals surface area contributed by atoms with Gasteiger partial charge in [-0.15, -0.1) is 0 Å². The molecule has 0 bridgehead atoms. The second-order valence-corrected chi connectivity index (χ2v) is 6.85. The molecule has 3 rings (SSSR count). The molecule has 0 aliphatic carbocycles. The Balaban J connectivity index is 1.87. The van der Waals surface area contributed by atoms with E-state index in [4.69, 9.17) is 9.47 Å². The van der Waals surface area contributed by atoms with E-state index in [1.54, 1.807) is 31.2 Å². The summed E-state index contributed by atoms with van der Waals surface area (Å²) >= 11 is 0. The van der Waals surface area contributed by atoms with Gasteiger partial charge in [-0.3, -0.25) is 19.6 Å². The second kappa shape index (κ2) is 9.41. The molecule has 0 fully saturated rings. The van der Waals surface area contributed by atoms with E-state index in [2.05, 4.69) is 10.4 Å². The van der Waals surface area contributed by atoms with Crippen LogP contribution in [0.2, 0.25) is 0 Å². The Kier molecular flexibility index (Phi) is 6.67. The number of amides is 1. The number of anilines is 1. The van der Waals surface area contributed by atoms with Crippen molar-refractivity contribution in [2.45, 2.75) is 26.3 Å². The molecule has 1 N–H and O–H groups in total. The predicted octanol–water partition coefficient (Wildman–Crippen LogP) is 5.04. The summed E-state index contributed by atoms with van der Waals surface area (Å²) in [6, 6.07) is 10.8. The molecule has 0 aliphatic heterocycles. The van der Waals surface area contributed by atoms with Crippen molar-refractivity contribution in [1.82, 2.24) is 9.78 Å². The van der Waals surface area contributed by atoms with Gasteiger partial charge in [-0.05, 0) is 32.0 Å². The molecule has 1 aromatic heterocycles. The molecule has 0 saturated heterocycles. The van der Waals surface area contributed by atoms with Gasteiger partial charge in [0.15, 0.2) is 11.5 Å². The van der Waals surface area contributed by atoms with Crippen LogP contribution in [0.25, 0.3) is 0 Å². The van der Waals surface area contributed by atoms with Crippen molar-refractivity contribution in [3.63, 3.8) is 0 Å². The van der Waals surface area contributed by atoms with Crippen molar-refractivity contribution in [3.8, 4) is 17.2 Å². The summed E-state index contributed by atoms with van der Waals surface area (Å²) in [6.45, 7) is 3.03. The number of benzene rings is 2. The molecule has 1 unspecified atom stereocenters. The SMILES string of the molecule is COc1ccccc1Oc1cc(NC(=O)C(C)n2nc(C(F)F)cc2C)cc([N+](=O)[O-])c1. The van der Waals surface area contributed by atoms with Crippen molar-refractivity contribution in [2.24, 2.45) is 0 Å². The molecule has 0 radical (unpaired) electrons. The Morgan fingerprint density at radius 3 is 2.47 bits per heavy atom. The third-order valence-electron chi connectivity index (χ3n) is 4.58. The first-order chi connectivity index (χ1) is 15.2. The number of nitrogens with one attached hydrogen (secondary N) is 1. The number of alkyl halides is 2. The number of nitro groups is 1. The van der Waals surface area contributed by atoms with Gasteiger partial charge in [0.25, 0.3) is 12.1 Å². The van der Waals surface area contributed by atoms with Gasteiger partial charge in [-0.25, -0.2) is 8.78 Å². The first kappa shape index (κ1) is 22.7. The Hall–Kier alpha value is -4.02. The third-order valence-corrected chi connectivity index (χ3v) is 4.58. The lowest BCUT2D eigenvalue weighted by Crippen LogP contribution is -2.25. The average molecular weight is 446 g/mol. The van der Waals surface area contributed by atoms with Crippen molar-refractivity contribution in [3.05, 3.63) is 70.0 Å². The van der Waals surface area contributed by atoms with E-state index >= 15 is 0 Å². The Morgan fingerprint density at radius 2 is 1.88 bits per heavy atom. The zero-order chi connectivity index (χ0) is 23.4. The molecule has 1 amide bonds. The summed E-state index contributed by atoms with van der Waals surface area (Å²) < 4.78 is 37.9. The quantitative estimate of drug-likeness (QED) is 0.384. The van der Waals surface area contributed by atoms with Crippen LogP contribution in [0, 0.1) is 17.0 Å². The topological polar surface area (TPSA) is 109 Å². The number of carbonyl (C=O) groups is 1. The number of halogens is 2. The number of aromatic nitrogens is 2. The van der Waals surface area contributed by atoms with Crippen molar-refractivity contribution >= 4 is 17.3 Å². The first-order valence-electron chi connectivity index (χ1n) is 9.45. The minimum atomic E-state index is -2.77.